The standard InChI is InChI=1S/C22H25N5O3S2/c1-16-5-9-18(10-6-16)20(28)24-21-25-26-22(31-21)32(29,30)23-15-17-7-11-19(12-8-17)27-13-3-2-4-14-27/h5-12,23H,2-4,13-15H2,1H3,(H,24,25,28). The Morgan fingerprint density at radius 1 is 1.00 bits per heavy atom. The van der Waals surface area contributed by atoms with Crippen molar-refractivity contribution < 1.29 is 13.2 Å². The van der Waals surface area contributed by atoms with Crippen LogP contribution in [0.3, 0.4) is 0 Å². The third-order valence-corrected chi connectivity index (χ3v) is 7.90. The molecule has 1 aromatic heterocycles. The van der Waals surface area contributed by atoms with Crippen LogP contribution in [0.2, 0.25) is 0 Å². The Hall–Kier alpha value is -2.82. The lowest BCUT2D eigenvalue weighted by molar-refractivity contribution is 0.102. The van der Waals surface area contributed by atoms with Gasteiger partial charge in [-0.05, 0) is 56.0 Å². The predicted octanol–water partition coefficient (Wildman–Crippen LogP) is 3.57. The molecule has 1 saturated heterocycles. The minimum Gasteiger partial charge on any atom is -0.372 e. The lowest BCUT2D eigenvalue weighted by atomic mass is 10.1. The van der Waals surface area contributed by atoms with Crippen LogP contribution in [-0.2, 0) is 16.6 Å². The maximum Gasteiger partial charge on any atom is 0.270 e. The van der Waals surface area contributed by atoms with E-state index in [4.69, 9.17) is 0 Å². The van der Waals surface area contributed by atoms with Crippen molar-refractivity contribution in [1.82, 2.24) is 14.9 Å². The first-order chi connectivity index (χ1) is 15.4. The topological polar surface area (TPSA) is 104 Å². The Bertz CT molecular complexity index is 1170. The Morgan fingerprint density at radius 2 is 1.69 bits per heavy atom. The molecular weight excluding hydrogens is 446 g/mol. The smallest absolute Gasteiger partial charge is 0.270 e. The van der Waals surface area contributed by atoms with Gasteiger partial charge in [0.05, 0.1) is 0 Å². The number of carbonyl (C=O) groups excluding carboxylic acids is 1. The molecule has 1 amide bonds. The Labute approximate surface area is 191 Å². The number of aryl methyl sites for hydroxylation is 1. The minimum atomic E-state index is -3.84. The molecule has 0 unspecified atom stereocenters. The van der Waals surface area contributed by atoms with Gasteiger partial charge < -0.3 is 4.90 Å². The summed E-state index contributed by atoms with van der Waals surface area (Å²) in [5.74, 6) is -0.369. The van der Waals surface area contributed by atoms with E-state index >= 15 is 0 Å². The first-order valence-electron chi connectivity index (χ1n) is 10.5. The van der Waals surface area contributed by atoms with Crippen LogP contribution in [0, 0.1) is 6.92 Å². The quantitative estimate of drug-likeness (QED) is 0.511. The van der Waals surface area contributed by atoms with Crippen molar-refractivity contribution in [1.29, 1.82) is 0 Å². The van der Waals surface area contributed by atoms with E-state index in [1.165, 1.54) is 19.3 Å². The molecule has 2 aromatic carbocycles. The molecule has 3 aromatic rings. The number of rotatable bonds is 7. The third-order valence-electron chi connectivity index (χ3n) is 5.29. The largest absolute Gasteiger partial charge is 0.372 e. The number of carbonyl (C=O) groups is 1. The van der Waals surface area contributed by atoms with Crippen molar-refractivity contribution in [3.63, 3.8) is 0 Å². The average molecular weight is 472 g/mol. The number of anilines is 2. The predicted molar refractivity (Wildman–Crippen MR) is 126 cm³/mol. The van der Waals surface area contributed by atoms with Crippen LogP contribution >= 0.6 is 11.3 Å². The lowest BCUT2D eigenvalue weighted by Gasteiger charge is -2.28. The molecular formula is C22H25N5O3S2. The van der Waals surface area contributed by atoms with Crippen LogP contribution in [0.5, 0.6) is 0 Å². The van der Waals surface area contributed by atoms with Gasteiger partial charge in [-0.1, -0.05) is 41.2 Å². The summed E-state index contributed by atoms with van der Waals surface area (Å²) in [6.07, 6.45) is 3.69. The molecule has 1 aliphatic rings. The summed E-state index contributed by atoms with van der Waals surface area (Å²) in [5.41, 5.74) is 3.51. The second-order valence-electron chi connectivity index (χ2n) is 7.73. The van der Waals surface area contributed by atoms with Crippen molar-refractivity contribution in [2.75, 3.05) is 23.3 Å². The summed E-state index contributed by atoms with van der Waals surface area (Å²) < 4.78 is 27.6. The van der Waals surface area contributed by atoms with E-state index < -0.39 is 10.0 Å². The van der Waals surface area contributed by atoms with Gasteiger partial charge in [-0.3, -0.25) is 10.1 Å². The van der Waals surface area contributed by atoms with Crippen molar-refractivity contribution in [3.8, 4) is 0 Å². The minimum absolute atomic E-state index is 0.127. The number of nitrogens with zero attached hydrogens (tertiary/aromatic N) is 3. The maximum atomic E-state index is 12.6. The number of aromatic nitrogens is 2. The number of piperidine rings is 1. The van der Waals surface area contributed by atoms with Crippen LogP contribution < -0.4 is 14.9 Å². The molecule has 0 spiro atoms. The number of benzene rings is 2. The van der Waals surface area contributed by atoms with E-state index in [-0.39, 0.29) is 21.9 Å². The van der Waals surface area contributed by atoms with Gasteiger partial charge in [0.1, 0.15) is 0 Å². The molecule has 0 bridgehead atoms. The van der Waals surface area contributed by atoms with Crippen LogP contribution in [0.15, 0.2) is 52.9 Å². The second kappa shape index (κ2) is 9.76. The van der Waals surface area contributed by atoms with Gasteiger partial charge in [-0.15, -0.1) is 10.2 Å². The number of sulfonamides is 1. The SMILES string of the molecule is Cc1ccc(C(=O)Nc2nnc(S(=O)(=O)NCc3ccc(N4CCCCC4)cc3)s2)cc1. The fourth-order valence-electron chi connectivity index (χ4n) is 3.46. The van der Waals surface area contributed by atoms with E-state index in [2.05, 4.69) is 25.1 Å². The second-order valence-corrected chi connectivity index (χ2v) is 10.7. The molecule has 168 valence electrons. The monoisotopic (exact) mass is 471 g/mol. The van der Waals surface area contributed by atoms with Gasteiger partial charge >= 0.3 is 0 Å². The number of amides is 1. The highest BCUT2D eigenvalue weighted by Crippen LogP contribution is 2.22. The molecule has 32 heavy (non-hydrogen) atoms. The maximum absolute atomic E-state index is 12.6. The van der Waals surface area contributed by atoms with E-state index in [1.807, 2.05) is 43.3 Å². The normalized spacial score (nSPS) is 14.3. The summed E-state index contributed by atoms with van der Waals surface area (Å²) in [6.45, 7) is 4.20. The lowest BCUT2D eigenvalue weighted by Crippen LogP contribution is -2.29. The molecule has 1 aliphatic heterocycles. The number of hydrogen-bond acceptors (Lipinski definition) is 7. The zero-order chi connectivity index (χ0) is 22.6. The molecule has 1 fully saturated rings. The molecule has 2 N–H and O–H groups in total. The van der Waals surface area contributed by atoms with Crippen molar-refractivity contribution in [2.24, 2.45) is 0 Å². The molecule has 0 radical (unpaired) electrons. The Kier molecular flexibility index (Phi) is 6.83. The van der Waals surface area contributed by atoms with Crippen LogP contribution in [0.25, 0.3) is 0 Å². The molecule has 8 nitrogen and oxygen atoms in total. The molecule has 0 saturated carbocycles. The van der Waals surface area contributed by atoms with Gasteiger partial charge in [0.2, 0.25) is 9.47 Å². The van der Waals surface area contributed by atoms with Gasteiger partial charge in [-0.2, -0.15) is 0 Å². The van der Waals surface area contributed by atoms with Gasteiger partial charge in [0.15, 0.2) is 0 Å². The van der Waals surface area contributed by atoms with Crippen LogP contribution in [-0.4, -0.2) is 37.6 Å². The van der Waals surface area contributed by atoms with Crippen molar-refractivity contribution in [3.05, 3.63) is 65.2 Å². The molecule has 2 heterocycles. The third kappa shape index (κ3) is 5.50. The fraction of sp³-hybridized carbons (Fsp3) is 0.318. The fourth-order valence-corrected chi connectivity index (χ4v) is 5.41. The number of hydrogen-bond donors (Lipinski definition) is 2. The summed E-state index contributed by atoms with van der Waals surface area (Å²) in [7, 11) is -3.84. The van der Waals surface area contributed by atoms with E-state index in [0.717, 1.165) is 41.2 Å². The zero-order valence-electron chi connectivity index (χ0n) is 17.7. The summed E-state index contributed by atoms with van der Waals surface area (Å²) in [6, 6.07) is 15.0. The van der Waals surface area contributed by atoms with E-state index in [9.17, 15) is 13.2 Å². The highest BCUT2D eigenvalue weighted by molar-refractivity contribution is 7.91. The first kappa shape index (κ1) is 22.4. The van der Waals surface area contributed by atoms with E-state index in [1.54, 1.807) is 12.1 Å². The molecule has 0 atom stereocenters. The van der Waals surface area contributed by atoms with Crippen LogP contribution in [0.4, 0.5) is 10.8 Å². The molecule has 10 heteroatoms. The van der Waals surface area contributed by atoms with Gasteiger partial charge in [0, 0.05) is 30.9 Å². The molecule has 0 aliphatic carbocycles. The zero-order valence-corrected chi connectivity index (χ0v) is 19.4. The number of nitrogens with one attached hydrogen (secondary N) is 2. The summed E-state index contributed by atoms with van der Waals surface area (Å²) >= 11 is 0.811. The summed E-state index contributed by atoms with van der Waals surface area (Å²) in [4.78, 5) is 14.6. The van der Waals surface area contributed by atoms with Gasteiger partial charge in [0.25, 0.3) is 15.9 Å². The highest BCUT2D eigenvalue weighted by atomic mass is 32.2. The van der Waals surface area contributed by atoms with Gasteiger partial charge in [-0.25, -0.2) is 13.1 Å². The summed E-state index contributed by atoms with van der Waals surface area (Å²) in [5, 5.41) is 10.2. The van der Waals surface area contributed by atoms with E-state index in [0.29, 0.717) is 5.56 Å². The Balaban J connectivity index is 1.35. The van der Waals surface area contributed by atoms with Crippen LogP contribution in [0.1, 0.15) is 40.7 Å². The first-order valence-corrected chi connectivity index (χ1v) is 12.8. The highest BCUT2D eigenvalue weighted by Gasteiger charge is 2.21. The average Bonchev–Trinajstić information content (AvgIpc) is 3.29. The van der Waals surface area contributed by atoms with Crippen molar-refractivity contribution in [2.45, 2.75) is 37.1 Å². The Morgan fingerprint density at radius 3 is 2.38 bits per heavy atom. The van der Waals surface area contributed by atoms with Crippen molar-refractivity contribution >= 4 is 38.1 Å². The molecule has 4 rings (SSSR count).